The van der Waals surface area contributed by atoms with Crippen molar-refractivity contribution in [2.45, 2.75) is 71.5 Å². The third-order valence-corrected chi connectivity index (χ3v) is 11.5. The number of methoxy groups -OCH3 is 1. The molecule has 1 heterocycles. The molecule has 0 fully saturated rings. The van der Waals surface area contributed by atoms with E-state index in [4.69, 9.17) is 4.74 Å². The van der Waals surface area contributed by atoms with Crippen LogP contribution in [0.15, 0.2) is 42.0 Å². The van der Waals surface area contributed by atoms with Crippen molar-refractivity contribution in [2.75, 3.05) is 12.0 Å². The molecule has 0 aliphatic carbocycles. The lowest BCUT2D eigenvalue weighted by Crippen LogP contribution is -2.44. The van der Waals surface area contributed by atoms with Crippen LogP contribution in [0.1, 0.15) is 33.3 Å². The molecule has 32 heavy (non-hydrogen) atoms. The number of anilines is 1. The van der Waals surface area contributed by atoms with Gasteiger partial charge in [-0.15, -0.1) is 11.1 Å². The van der Waals surface area contributed by atoms with Gasteiger partial charge in [0.15, 0.2) is 0 Å². The molecular weight excluding hydrogens is 426 g/mol. The first kappa shape index (κ1) is 25.8. The highest BCUT2D eigenvalue weighted by Gasteiger charge is 2.37. The van der Waals surface area contributed by atoms with Crippen LogP contribution in [0.5, 0.6) is 0 Å². The third kappa shape index (κ3) is 5.65. The van der Waals surface area contributed by atoms with Gasteiger partial charge in [0.25, 0.3) is 0 Å². The Hall–Kier alpha value is -2.48. The average Bonchev–Trinajstić information content (AvgIpc) is 2.69. The van der Waals surface area contributed by atoms with Crippen LogP contribution in [-0.2, 0) is 4.74 Å². The highest BCUT2D eigenvalue weighted by atomic mass is 28.3. The van der Waals surface area contributed by atoms with Crippen molar-refractivity contribution in [3.05, 3.63) is 47.6 Å². The van der Waals surface area contributed by atoms with Gasteiger partial charge in [-0.25, -0.2) is 4.79 Å². The number of amides is 1. The fourth-order valence-corrected chi connectivity index (χ4v) is 4.55. The van der Waals surface area contributed by atoms with Gasteiger partial charge in [-0.05, 0) is 35.3 Å². The maximum atomic E-state index is 12.9. The Balaban J connectivity index is 2.77. The first-order valence-electron chi connectivity index (χ1n) is 11.1. The second-order valence-electron chi connectivity index (χ2n) is 10.7. The Labute approximate surface area is 197 Å². The van der Waals surface area contributed by atoms with E-state index in [-0.39, 0.29) is 5.04 Å². The van der Waals surface area contributed by atoms with Gasteiger partial charge in [0.1, 0.15) is 22.2 Å². The van der Waals surface area contributed by atoms with Crippen molar-refractivity contribution in [3.63, 3.8) is 0 Å². The minimum absolute atomic E-state index is 0.194. The highest BCUT2D eigenvalue weighted by Crippen LogP contribution is 2.41. The minimum Gasteiger partial charge on any atom is -0.452 e. The lowest BCUT2D eigenvalue weighted by Gasteiger charge is -2.36. The molecule has 3 nitrogen and oxygen atoms in total. The standard InChI is InChI=1S/C27H37NO2Si2/c1-11-21-22(16-14-19-32(9,10)27(2,3)4)23-15-12-13-17-24(23)28(26(29)30-5)25(21)18-20-31(6,7)8/h11-13,15-17,25H,1-10H3/b21-11-,22-16-. The maximum Gasteiger partial charge on any atom is 0.415 e. The Morgan fingerprint density at radius 1 is 1.09 bits per heavy atom. The summed E-state index contributed by atoms with van der Waals surface area (Å²) in [4.78, 5) is 14.5. The van der Waals surface area contributed by atoms with Gasteiger partial charge in [-0.2, -0.15) is 0 Å². The van der Waals surface area contributed by atoms with E-state index in [1.165, 1.54) is 7.11 Å². The summed E-state index contributed by atoms with van der Waals surface area (Å²) in [6.45, 7) is 20.0. The molecule has 0 bridgehead atoms. The predicted octanol–water partition coefficient (Wildman–Crippen LogP) is 6.90. The van der Waals surface area contributed by atoms with E-state index in [9.17, 15) is 4.79 Å². The lowest BCUT2D eigenvalue weighted by atomic mass is 9.86. The zero-order valence-corrected chi connectivity index (χ0v) is 23.3. The SMILES string of the molecule is C/C=C1/C(=C/C#C[Si](C)(C)C(C)(C)C)c2ccccc2N(C(=O)OC)C1C#C[Si](C)(C)C. The van der Waals surface area contributed by atoms with Crippen LogP contribution in [0.3, 0.4) is 0 Å². The Morgan fingerprint density at radius 3 is 2.25 bits per heavy atom. The summed E-state index contributed by atoms with van der Waals surface area (Å²) in [6, 6.07) is 7.52. The molecule has 0 radical (unpaired) electrons. The van der Waals surface area contributed by atoms with Gasteiger partial charge >= 0.3 is 6.09 Å². The Kier molecular flexibility index (Phi) is 7.71. The molecule has 1 aliphatic heterocycles. The molecule has 1 aromatic carbocycles. The molecule has 1 unspecified atom stereocenters. The molecule has 0 saturated carbocycles. The van der Waals surface area contributed by atoms with E-state index in [1.54, 1.807) is 4.90 Å². The van der Waals surface area contributed by atoms with Gasteiger partial charge in [0.05, 0.1) is 12.8 Å². The van der Waals surface area contributed by atoms with Crippen molar-refractivity contribution in [2.24, 2.45) is 0 Å². The van der Waals surface area contributed by atoms with E-state index in [0.717, 1.165) is 22.4 Å². The minimum atomic E-state index is -1.74. The number of carbonyl (C=O) groups excluding carboxylic acids is 1. The van der Waals surface area contributed by atoms with Crippen LogP contribution in [-0.4, -0.2) is 35.4 Å². The van der Waals surface area contributed by atoms with Crippen LogP contribution in [0.4, 0.5) is 10.5 Å². The van der Waals surface area contributed by atoms with Gasteiger partial charge in [-0.3, -0.25) is 4.90 Å². The molecule has 2 rings (SSSR count). The van der Waals surface area contributed by atoms with Gasteiger partial charge in [0, 0.05) is 5.56 Å². The Morgan fingerprint density at radius 2 is 1.72 bits per heavy atom. The fourth-order valence-electron chi connectivity index (χ4n) is 3.17. The highest BCUT2D eigenvalue weighted by molar-refractivity contribution is 6.87. The molecule has 0 N–H and O–H groups in total. The van der Waals surface area contributed by atoms with Crippen LogP contribution in [0.25, 0.3) is 5.57 Å². The number of carbonyl (C=O) groups is 1. The molecule has 0 spiro atoms. The van der Waals surface area contributed by atoms with Crippen LogP contribution < -0.4 is 4.90 Å². The quantitative estimate of drug-likeness (QED) is 0.309. The average molecular weight is 464 g/mol. The van der Waals surface area contributed by atoms with Crippen molar-refractivity contribution in [1.82, 2.24) is 0 Å². The first-order valence-corrected chi connectivity index (χ1v) is 17.6. The number of ether oxygens (including phenoxy) is 1. The summed E-state index contributed by atoms with van der Waals surface area (Å²) >= 11 is 0. The molecule has 1 amide bonds. The zero-order chi connectivity index (χ0) is 24.3. The van der Waals surface area contributed by atoms with Crippen molar-refractivity contribution < 1.29 is 9.53 Å². The topological polar surface area (TPSA) is 29.5 Å². The van der Waals surface area contributed by atoms with Crippen LogP contribution >= 0.6 is 0 Å². The number of nitrogens with zero attached hydrogens (tertiary/aromatic N) is 1. The van der Waals surface area contributed by atoms with E-state index in [1.807, 2.05) is 37.3 Å². The second kappa shape index (κ2) is 9.57. The van der Waals surface area contributed by atoms with E-state index >= 15 is 0 Å². The summed E-state index contributed by atoms with van der Waals surface area (Å²) in [5.41, 5.74) is 10.8. The van der Waals surface area contributed by atoms with Gasteiger partial charge in [0.2, 0.25) is 0 Å². The van der Waals surface area contributed by atoms with Crippen molar-refractivity contribution in [1.29, 1.82) is 0 Å². The molecule has 1 atom stereocenters. The number of hydrogen-bond donors (Lipinski definition) is 0. The molecule has 0 saturated heterocycles. The molecule has 5 heteroatoms. The number of rotatable bonds is 0. The monoisotopic (exact) mass is 463 g/mol. The first-order chi connectivity index (χ1) is 14.7. The Bertz CT molecular complexity index is 1060. The molecule has 0 aromatic heterocycles. The molecule has 1 aliphatic rings. The number of allylic oxidation sites excluding steroid dienone is 2. The predicted molar refractivity (Wildman–Crippen MR) is 143 cm³/mol. The number of hydrogen-bond acceptors (Lipinski definition) is 2. The summed E-state index contributed by atoms with van der Waals surface area (Å²) in [5.74, 6) is 6.81. The number of para-hydroxylation sites is 1. The smallest absolute Gasteiger partial charge is 0.415 e. The molecule has 1 aromatic rings. The van der Waals surface area contributed by atoms with Crippen LogP contribution in [0, 0.1) is 22.9 Å². The normalized spacial score (nSPS) is 18.9. The zero-order valence-electron chi connectivity index (χ0n) is 21.3. The van der Waals surface area contributed by atoms with E-state index in [0.29, 0.717) is 0 Å². The molecule has 170 valence electrons. The molecular formula is C27H37NO2Si2. The number of fused-ring (bicyclic) bond motifs is 1. The fraction of sp³-hybridized carbons (Fsp3) is 0.444. The van der Waals surface area contributed by atoms with Gasteiger partial charge < -0.3 is 4.74 Å². The van der Waals surface area contributed by atoms with E-state index < -0.39 is 28.3 Å². The van der Waals surface area contributed by atoms with Crippen molar-refractivity contribution in [3.8, 4) is 22.9 Å². The number of benzene rings is 1. The van der Waals surface area contributed by atoms with Crippen LogP contribution in [0.2, 0.25) is 37.8 Å². The van der Waals surface area contributed by atoms with E-state index in [2.05, 4.69) is 82.5 Å². The third-order valence-electron chi connectivity index (χ3n) is 6.06. The summed E-state index contributed by atoms with van der Waals surface area (Å²) in [7, 11) is -1.98. The summed E-state index contributed by atoms with van der Waals surface area (Å²) in [6.07, 6.45) is 3.67. The summed E-state index contributed by atoms with van der Waals surface area (Å²) in [5, 5.41) is 0.194. The lowest BCUT2D eigenvalue weighted by molar-refractivity contribution is 0.178. The van der Waals surface area contributed by atoms with Crippen molar-refractivity contribution >= 4 is 33.5 Å². The largest absolute Gasteiger partial charge is 0.452 e. The second-order valence-corrected chi connectivity index (χ2v) is 20.5. The maximum absolute atomic E-state index is 12.9. The summed E-state index contributed by atoms with van der Waals surface area (Å²) < 4.78 is 5.16. The van der Waals surface area contributed by atoms with Gasteiger partial charge in [-0.1, -0.05) is 89.6 Å².